The minimum absolute atomic E-state index is 0.136. The molecule has 0 bridgehead atoms. The summed E-state index contributed by atoms with van der Waals surface area (Å²) in [6.45, 7) is 3.09. The number of fused-ring (bicyclic) bond motifs is 1. The highest BCUT2D eigenvalue weighted by Crippen LogP contribution is 2.33. The third-order valence-corrected chi connectivity index (χ3v) is 5.49. The first-order valence-electron chi connectivity index (χ1n) is 10.1. The number of methoxy groups -OCH3 is 2. The summed E-state index contributed by atoms with van der Waals surface area (Å²) in [6, 6.07) is 11.3. The molecule has 0 N–H and O–H groups in total. The van der Waals surface area contributed by atoms with Crippen LogP contribution in [0.4, 0.5) is 0 Å². The van der Waals surface area contributed by atoms with Gasteiger partial charge in [-0.1, -0.05) is 11.6 Å². The van der Waals surface area contributed by atoms with Gasteiger partial charge in [0.1, 0.15) is 5.75 Å². The van der Waals surface area contributed by atoms with Crippen LogP contribution in [-0.4, -0.2) is 63.2 Å². The molecule has 1 heterocycles. The summed E-state index contributed by atoms with van der Waals surface area (Å²) in [7, 11) is 5.23. The van der Waals surface area contributed by atoms with Gasteiger partial charge in [-0.25, -0.2) is 0 Å². The Morgan fingerprint density at radius 2 is 1.77 bits per heavy atom. The number of benzene rings is 2. The third kappa shape index (κ3) is 5.80. The lowest BCUT2D eigenvalue weighted by Crippen LogP contribution is -2.42. The Morgan fingerprint density at radius 3 is 2.43 bits per heavy atom. The third-order valence-electron chi connectivity index (χ3n) is 5.24. The summed E-state index contributed by atoms with van der Waals surface area (Å²) in [5.74, 6) is 2.37. The second-order valence-electron chi connectivity index (χ2n) is 7.43. The molecule has 1 aliphatic heterocycles. The number of carbonyl (C=O) groups excluding carboxylic acids is 1. The highest BCUT2D eigenvalue weighted by atomic mass is 35.5. The lowest BCUT2D eigenvalue weighted by molar-refractivity contribution is -0.133. The minimum Gasteiger partial charge on any atom is -0.494 e. The van der Waals surface area contributed by atoms with Gasteiger partial charge in [-0.3, -0.25) is 9.69 Å². The molecule has 0 saturated carbocycles. The molecule has 30 heavy (non-hydrogen) atoms. The number of rotatable bonds is 9. The normalized spacial score (nSPS) is 13.2. The molecular formula is C23H29ClN2O4. The van der Waals surface area contributed by atoms with Crippen molar-refractivity contribution in [3.8, 4) is 17.2 Å². The Hall–Kier alpha value is -2.44. The Balaban J connectivity index is 1.45. The molecule has 0 atom stereocenters. The van der Waals surface area contributed by atoms with E-state index in [1.54, 1.807) is 14.2 Å². The van der Waals surface area contributed by atoms with Gasteiger partial charge in [0.25, 0.3) is 0 Å². The average Bonchev–Trinajstić information content (AvgIpc) is 2.76. The Bertz CT molecular complexity index is 857. The number of hydrogen-bond donors (Lipinski definition) is 0. The molecule has 0 unspecified atom stereocenters. The molecule has 0 spiro atoms. The van der Waals surface area contributed by atoms with E-state index in [2.05, 4.69) is 0 Å². The van der Waals surface area contributed by atoms with Crippen LogP contribution in [0.15, 0.2) is 36.4 Å². The summed E-state index contributed by atoms with van der Waals surface area (Å²) >= 11 is 5.87. The van der Waals surface area contributed by atoms with E-state index in [9.17, 15) is 4.79 Å². The quantitative estimate of drug-likeness (QED) is 0.566. The predicted octanol–water partition coefficient (Wildman–Crippen LogP) is 3.64. The molecule has 0 radical (unpaired) electrons. The highest BCUT2D eigenvalue weighted by molar-refractivity contribution is 6.30. The number of hydrogen-bond acceptors (Lipinski definition) is 5. The van der Waals surface area contributed by atoms with Gasteiger partial charge in [0.2, 0.25) is 5.91 Å². The van der Waals surface area contributed by atoms with Crippen molar-refractivity contribution in [1.29, 1.82) is 0 Å². The molecule has 0 aromatic heterocycles. The van der Waals surface area contributed by atoms with Crippen LogP contribution in [0, 0.1) is 0 Å². The fourth-order valence-corrected chi connectivity index (χ4v) is 3.69. The Kier molecular flexibility index (Phi) is 7.82. The van der Waals surface area contributed by atoms with Crippen molar-refractivity contribution in [1.82, 2.24) is 9.80 Å². The van der Waals surface area contributed by atoms with Gasteiger partial charge in [0, 0.05) is 24.7 Å². The van der Waals surface area contributed by atoms with Crippen LogP contribution in [0.25, 0.3) is 0 Å². The van der Waals surface area contributed by atoms with E-state index in [0.717, 1.165) is 43.0 Å². The molecule has 2 aromatic carbocycles. The van der Waals surface area contributed by atoms with E-state index in [1.165, 1.54) is 5.56 Å². The summed E-state index contributed by atoms with van der Waals surface area (Å²) in [4.78, 5) is 16.7. The van der Waals surface area contributed by atoms with Crippen molar-refractivity contribution in [3.63, 3.8) is 0 Å². The molecule has 2 aromatic rings. The Labute approximate surface area is 183 Å². The second kappa shape index (κ2) is 10.5. The molecule has 3 rings (SSSR count). The zero-order valence-corrected chi connectivity index (χ0v) is 18.6. The Morgan fingerprint density at radius 1 is 1.10 bits per heavy atom. The number of halogens is 1. The first-order chi connectivity index (χ1) is 14.5. The molecule has 6 nitrogen and oxygen atoms in total. The van der Waals surface area contributed by atoms with E-state index in [0.29, 0.717) is 30.5 Å². The average molecular weight is 433 g/mol. The number of nitrogens with zero attached hydrogens (tertiary/aromatic N) is 2. The zero-order chi connectivity index (χ0) is 21.5. The van der Waals surface area contributed by atoms with Crippen LogP contribution in [0.2, 0.25) is 5.02 Å². The number of carbonyl (C=O) groups is 1. The van der Waals surface area contributed by atoms with Crippen molar-refractivity contribution < 1.29 is 19.0 Å². The van der Waals surface area contributed by atoms with Gasteiger partial charge >= 0.3 is 0 Å². The largest absolute Gasteiger partial charge is 0.494 e. The second-order valence-corrected chi connectivity index (χ2v) is 7.87. The summed E-state index contributed by atoms with van der Waals surface area (Å²) in [5.41, 5.74) is 2.33. The van der Waals surface area contributed by atoms with Crippen LogP contribution in [0.3, 0.4) is 0 Å². The molecule has 7 heteroatoms. The first kappa shape index (κ1) is 22.2. The van der Waals surface area contributed by atoms with Crippen LogP contribution in [0.5, 0.6) is 17.2 Å². The summed E-state index contributed by atoms with van der Waals surface area (Å²) in [6.07, 6.45) is 1.66. The number of ether oxygens (including phenoxy) is 3. The fourth-order valence-electron chi connectivity index (χ4n) is 3.56. The molecule has 162 valence electrons. The standard InChI is InChI=1S/C23H29ClN2O4/c1-25(10-4-12-30-20-7-5-19(24)6-8-20)16-23(27)26-11-9-17-13-21(28-2)22(29-3)14-18(17)15-26/h5-8,13-14H,4,9-12,15-16H2,1-3H3. The maximum Gasteiger partial charge on any atom is 0.237 e. The minimum atomic E-state index is 0.136. The van der Waals surface area contributed by atoms with Crippen molar-refractivity contribution >= 4 is 17.5 Å². The maximum atomic E-state index is 12.8. The van der Waals surface area contributed by atoms with Crippen LogP contribution in [-0.2, 0) is 17.8 Å². The van der Waals surface area contributed by atoms with Gasteiger partial charge in [-0.05, 0) is 67.4 Å². The van der Waals surface area contributed by atoms with Gasteiger partial charge in [-0.2, -0.15) is 0 Å². The smallest absolute Gasteiger partial charge is 0.237 e. The first-order valence-corrected chi connectivity index (χ1v) is 10.5. The number of likely N-dealkylation sites (N-methyl/N-ethyl adjacent to an activating group) is 1. The van der Waals surface area contributed by atoms with Gasteiger partial charge < -0.3 is 19.1 Å². The van der Waals surface area contributed by atoms with Crippen molar-refractivity contribution in [2.24, 2.45) is 0 Å². The van der Waals surface area contributed by atoms with Crippen LogP contribution in [0.1, 0.15) is 17.5 Å². The van der Waals surface area contributed by atoms with E-state index < -0.39 is 0 Å². The van der Waals surface area contributed by atoms with Gasteiger partial charge in [-0.15, -0.1) is 0 Å². The van der Waals surface area contributed by atoms with Crippen LogP contribution >= 0.6 is 11.6 Å². The van der Waals surface area contributed by atoms with Gasteiger partial charge in [0.05, 0.1) is 27.4 Å². The van der Waals surface area contributed by atoms with Gasteiger partial charge in [0.15, 0.2) is 11.5 Å². The molecule has 0 saturated heterocycles. The van der Waals surface area contributed by atoms with Crippen molar-refractivity contribution in [2.45, 2.75) is 19.4 Å². The molecule has 0 aliphatic carbocycles. The summed E-state index contributed by atoms with van der Waals surface area (Å²) < 4.78 is 16.5. The van der Waals surface area contributed by atoms with E-state index in [1.807, 2.05) is 53.2 Å². The fraction of sp³-hybridized carbons (Fsp3) is 0.435. The highest BCUT2D eigenvalue weighted by Gasteiger charge is 2.23. The lowest BCUT2D eigenvalue weighted by atomic mass is 9.98. The maximum absolute atomic E-state index is 12.8. The van der Waals surface area contributed by atoms with E-state index in [-0.39, 0.29) is 5.91 Å². The van der Waals surface area contributed by atoms with E-state index >= 15 is 0 Å². The van der Waals surface area contributed by atoms with Crippen LogP contribution < -0.4 is 14.2 Å². The lowest BCUT2D eigenvalue weighted by Gasteiger charge is -2.31. The summed E-state index contributed by atoms with van der Waals surface area (Å²) in [5, 5.41) is 0.693. The SMILES string of the molecule is COc1cc2c(cc1OC)CN(C(=O)CN(C)CCCOc1ccc(Cl)cc1)CC2. The molecular weight excluding hydrogens is 404 g/mol. The molecule has 1 amide bonds. The monoisotopic (exact) mass is 432 g/mol. The molecule has 1 aliphatic rings. The zero-order valence-electron chi connectivity index (χ0n) is 17.8. The topological polar surface area (TPSA) is 51.2 Å². The predicted molar refractivity (Wildman–Crippen MR) is 118 cm³/mol. The van der Waals surface area contributed by atoms with E-state index in [4.69, 9.17) is 25.8 Å². The molecule has 0 fully saturated rings. The van der Waals surface area contributed by atoms with Crippen molar-refractivity contribution in [2.75, 3.05) is 47.5 Å². The van der Waals surface area contributed by atoms with Crippen molar-refractivity contribution in [3.05, 3.63) is 52.5 Å². The number of amides is 1.